The van der Waals surface area contributed by atoms with Gasteiger partial charge in [-0.1, -0.05) is 0 Å². The van der Waals surface area contributed by atoms with Crippen molar-refractivity contribution < 1.29 is 4.79 Å². The number of halogens is 1. The molecule has 0 bridgehead atoms. The number of primary amides is 1. The molecule has 0 aliphatic carbocycles. The first-order chi connectivity index (χ1) is 5.11. The summed E-state index contributed by atoms with van der Waals surface area (Å²) in [7, 11) is 4.05. The Kier molecular flexibility index (Phi) is 4.34. The molecule has 0 aromatic rings. The number of urea groups is 1. The topological polar surface area (TPSA) is 49.6 Å². The molecule has 2 amide bonds. The van der Waals surface area contributed by atoms with Gasteiger partial charge in [-0.3, -0.25) is 0 Å². The van der Waals surface area contributed by atoms with Crippen LogP contribution in [-0.4, -0.2) is 49.1 Å². The molecule has 1 aliphatic rings. The van der Waals surface area contributed by atoms with Crippen molar-refractivity contribution in [1.29, 1.82) is 0 Å². The molecule has 1 rings (SSSR count). The Bertz CT molecular complexity index is 163. The second kappa shape index (κ2) is 4.52. The fourth-order valence-electron chi connectivity index (χ4n) is 1.36. The van der Waals surface area contributed by atoms with Gasteiger partial charge in [0, 0.05) is 19.1 Å². The van der Waals surface area contributed by atoms with Gasteiger partial charge in [-0.15, -0.1) is 12.4 Å². The molecular weight excluding hydrogens is 178 g/mol. The van der Waals surface area contributed by atoms with E-state index in [2.05, 4.69) is 4.90 Å². The van der Waals surface area contributed by atoms with E-state index in [0.29, 0.717) is 6.04 Å². The first-order valence-electron chi connectivity index (χ1n) is 3.82. The number of hydrogen-bond acceptors (Lipinski definition) is 2. The van der Waals surface area contributed by atoms with Crippen LogP contribution in [0.1, 0.15) is 6.42 Å². The third-order valence-electron chi connectivity index (χ3n) is 2.21. The Balaban J connectivity index is 0.00000121. The predicted octanol–water partition coefficient (Wildman–Crippen LogP) is 0.123. The average molecular weight is 194 g/mol. The minimum absolute atomic E-state index is 0. The Morgan fingerprint density at radius 3 is 2.42 bits per heavy atom. The number of likely N-dealkylation sites (N-methyl/N-ethyl adjacent to an activating group) is 1. The van der Waals surface area contributed by atoms with Crippen molar-refractivity contribution in [3.63, 3.8) is 0 Å². The van der Waals surface area contributed by atoms with Crippen LogP contribution in [0.3, 0.4) is 0 Å². The fourth-order valence-corrected chi connectivity index (χ4v) is 1.36. The lowest BCUT2D eigenvalue weighted by Crippen LogP contribution is -2.37. The third kappa shape index (κ3) is 2.53. The van der Waals surface area contributed by atoms with Crippen LogP contribution in [0.15, 0.2) is 0 Å². The van der Waals surface area contributed by atoms with Crippen LogP contribution in [0.5, 0.6) is 0 Å². The molecule has 5 heteroatoms. The van der Waals surface area contributed by atoms with E-state index in [4.69, 9.17) is 5.73 Å². The Hall–Kier alpha value is -0.480. The maximum atomic E-state index is 10.7. The van der Waals surface area contributed by atoms with Gasteiger partial charge in [-0.2, -0.15) is 0 Å². The lowest BCUT2D eigenvalue weighted by atomic mass is 10.2. The highest BCUT2D eigenvalue weighted by Gasteiger charge is 2.25. The van der Waals surface area contributed by atoms with Crippen LogP contribution in [0.2, 0.25) is 0 Å². The summed E-state index contributed by atoms with van der Waals surface area (Å²) in [5, 5.41) is 0. The molecule has 1 saturated heterocycles. The molecule has 0 aromatic heterocycles. The van der Waals surface area contributed by atoms with Crippen molar-refractivity contribution in [1.82, 2.24) is 9.80 Å². The fraction of sp³-hybridized carbons (Fsp3) is 0.857. The molecule has 2 N–H and O–H groups in total. The molecule has 0 saturated carbocycles. The summed E-state index contributed by atoms with van der Waals surface area (Å²) < 4.78 is 0. The van der Waals surface area contributed by atoms with Crippen LogP contribution in [-0.2, 0) is 0 Å². The number of nitrogens with two attached hydrogens (primary N) is 1. The Labute approximate surface area is 79.1 Å². The Morgan fingerprint density at radius 1 is 1.58 bits per heavy atom. The van der Waals surface area contributed by atoms with Crippen molar-refractivity contribution in [2.75, 3.05) is 27.2 Å². The number of hydrogen-bond donors (Lipinski definition) is 1. The maximum absolute atomic E-state index is 10.7. The van der Waals surface area contributed by atoms with E-state index >= 15 is 0 Å². The number of amides is 2. The molecule has 1 atom stereocenters. The second-order valence-electron chi connectivity index (χ2n) is 3.19. The van der Waals surface area contributed by atoms with Gasteiger partial charge in [0.15, 0.2) is 0 Å². The highest BCUT2D eigenvalue weighted by atomic mass is 35.5. The van der Waals surface area contributed by atoms with Gasteiger partial charge < -0.3 is 15.5 Å². The van der Waals surface area contributed by atoms with Gasteiger partial charge in [-0.25, -0.2) is 4.79 Å². The molecule has 1 aliphatic heterocycles. The highest BCUT2D eigenvalue weighted by Crippen LogP contribution is 2.11. The second-order valence-corrected chi connectivity index (χ2v) is 3.19. The zero-order valence-electron chi connectivity index (χ0n) is 7.49. The predicted molar refractivity (Wildman–Crippen MR) is 50.5 cm³/mol. The average Bonchev–Trinajstić information content (AvgIpc) is 2.33. The van der Waals surface area contributed by atoms with E-state index in [1.54, 1.807) is 4.90 Å². The van der Waals surface area contributed by atoms with E-state index in [9.17, 15) is 4.79 Å². The van der Waals surface area contributed by atoms with Crippen LogP contribution < -0.4 is 5.73 Å². The lowest BCUT2D eigenvalue weighted by Gasteiger charge is -2.18. The largest absolute Gasteiger partial charge is 0.351 e. The number of carbonyl (C=O) groups is 1. The molecule has 72 valence electrons. The van der Waals surface area contributed by atoms with E-state index in [1.165, 1.54) is 0 Å². The van der Waals surface area contributed by atoms with Gasteiger partial charge in [0.25, 0.3) is 0 Å². The summed E-state index contributed by atoms with van der Waals surface area (Å²) in [6.45, 7) is 1.58. The molecule has 1 unspecified atom stereocenters. The van der Waals surface area contributed by atoms with Gasteiger partial charge >= 0.3 is 6.03 Å². The SMILES string of the molecule is CN(C)C1CCN(C(N)=O)C1.Cl. The zero-order valence-corrected chi connectivity index (χ0v) is 8.30. The van der Waals surface area contributed by atoms with Gasteiger partial charge in [0.2, 0.25) is 0 Å². The number of nitrogens with zero attached hydrogens (tertiary/aromatic N) is 2. The molecule has 1 heterocycles. The lowest BCUT2D eigenvalue weighted by molar-refractivity contribution is 0.212. The number of rotatable bonds is 1. The van der Waals surface area contributed by atoms with Crippen LogP contribution in [0.25, 0.3) is 0 Å². The zero-order chi connectivity index (χ0) is 8.43. The Morgan fingerprint density at radius 2 is 2.17 bits per heavy atom. The van der Waals surface area contributed by atoms with Crippen molar-refractivity contribution in [2.24, 2.45) is 5.73 Å². The van der Waals surface area contributed by atoms with Gasteiger partial charge in [0.1, 0.15) is 0 Å². The smallest absolute Gasteiger partial charge is 0.314 e. The number of likely N-dealkylation sites (tertiary alicyclic amines) is 1. The first-order valence-corrected chi connectivity index (χ1v) is 3.82. The monoisotopic (exact) mass is 193 g/mol. The van der Waals surface area contributed by atoms with Gasteiger partial charge in [-0.05, 0) is 20.5 Å². The van der Waals surface area contributed by atoms with Crippen molar-refractivity contribution in [2.45, 2.75) is 12.5 Å². The quantitative estimate of drug-likeness (QED) is 0.644. The molecule has 12 heavy (non-hydrogen) atoms. The molecule has 0 spiro atoms. The highest BCUT2D eigenvalue weighted by molar-refractivity contribution is 5.85. The normalized spacial score (nSPS) is 22.6. The molecule has 4 nitrogen and oxygen atoms in total. The molecule has 1 fully saturated rings. The van der Waals surface area contributed by atoms with Crippen molar-refractivity contribution >= 4 is 18.4 Å². The van der Waals surface area contributed by atoms with E-state index in [0.717, 1.165) is 19.5 Å². The van der Waals surface area contributed by atoms with Crippen LogP contribution in [0, 0.1) is 0 Å². The first kappa shape index (κ1) is 11.5. The van der Waals surface area contributed by atoms with Crippen molar-refractivity contribution in [3.8, 4) is 0 Å². The summed E-state index contributed by atoms with van der Waals surface area (Å²) in [5.74, 6) is 0. The standard InChI is InChI=1S/C7H15N3O.ClH/c1-9(2)6-3-4-10(5-6)7(8)11;/h6H,3-5H2,1-2H3,(H2,8,11);1H. The maximum Gasteiger partial charge on any atom is 0.314 e. The van der Waals surface area contributed by atoms with Crippen LogP contribution in [0.4, 0.5) is 4.79 Å². The van der Waals surface area contributed by atoms with Gasteiger partial charge in [0.05, 0.1) is 0 Å². The summed E-state index contributed by atoms with van der Waals surface area (Å²) in [4.78, 5) is 14.5. The van der Waals surface area contributed by atoms with Crippen molar-refractivity contribution in [3.05, 3.63) is 0 Å². The minimum atomic E-state index is -0.297. The van der Waals surface area contributed by atoms with E-state index < -0.39 is 0 Å². The molecule has 0 radical (unpaired) electrons. The van der Waals surface area contributed by atoms with E-state index in [-0.39, 0.29) is 18.4 Å². The molecular formula is C7H16ClN3O. The third-order valence-corrected chi connectivity index (χ3v) is 2.21. The summed E-state index contributed by atoms with van der Waals surface area (Å²) in [6, 6.07) is 0.192. The number of carbonyl (C=O) groups excluding carboxylic acids is 1. The summed E-state index contributed by atoms with van der Waals surface area (Å²) >= 11 is 0. The minimum Gasteiger partial charge on any atom is -0.351 e. The van der Waals surface area contributed by atoms with E-state index in [1.807, 2.05) is 14.1 Å². The molecule has 0 aromatic carbocycles. The summed E-state index contributed by atoms with van der Waals surface area (Å²) in [6.07, 6.45) is 1.04. The summed E-state index contributed by atoms with van der Waals surface area (Å²) in [5.41, 5.74) is 5.13. The van der Waals surface area contributed by atoms with Crippen LogP contribution >= 0.6 is 12.4 Å².